The summed E-state index contributed by atoms with van der Waals surface area (Å²) in [6.45, 7) is 5.72. The molecule has 3 N–H and O–H groups in total. The molecule has 0 spiro atoms. The molecule has 1 aliphatic rings. The maximum atomic E-state index is 11.5. The number of nitrogens with two attached hydrogens (primary N) is 1. The fraction of sp³-hybridized carbons (Fsp3) is 0.357. The first-order valence-electron chi connectivity index (χ1n) is 6.45. The largest absolute Gasteiger partial charge is 0.460 e. The van der Waals surface area contributed by atoms with Crippen LogP contribution in [0.2, 0.25) is 0 Å². The van der Waals surface area contributed by atoms with Crippen LogP contribution in [-0.4, -0.2) is 32.1 Å². The van der Waals surface area contributed by atoms with Gasteiger partial charge in [0.05, 0.1) is 5.56 Å². The van der Waals surface area contributed by atoms with Crippen molar-refractivity contribution in [1.29, 1.82) is 0 Å². The van der Waals surface area contributed by atoms with Gasteiger partial charge in [-0.05, 0) is 25.1 Å². The van der Waals surface area contributed by atoms with Gasteiger partial charge >= 0.3 is 0 Å². The fourth-order valence-electron chi connectivity index (χ4n) is 2.61. The number of aryl methyl sites for hydroxylation is 1. The summed E-state index contributed by atoms with van der Waals surface area (Å²) < 4.78 is 5.65. The summed E-state index contributed by atoms with van der Waals surface area (Å²) in [6, 6.07) is 5.69. The van der Waals surface area contributed by atoms with Crippen molar-refractivity contribution < 1.29 is 9.21 Å². The maximum absolute atomic E-state index is 11.5. The summed E-state index contributed by atoms with van der Waals surface area (Å²) in [5, 5.41) is 4.30. The summed E-state index contributed by atoms with van der Waals surface area (Å²) >= 11 is 0. The van der Waals surface area contributed by atoms with E-state index in [-0.39, 0.29) is 0 Å². The van der Waals surface area contributed by atoms with E-state index in [4.69, 9.17) is 10.2 Å². The lowest BCUT2D eigenvalue weighted by atomic mass is 10.1. The summed E-state index contributed by atoms with van der Waals surface area (Å²) in [6.07, 6.45) is 0. The average molecular weight is 259 g/mol. The summed E-state index contributed by atoms with van der Waals surface area (Å²) in [7, 11) is 0. The van der Waals surface area contributed by atoms with Crippen LogP contribution >= 0.6 is 0 Å². The van der Waals surface area contributed by atoms with Crippen LogP contribution in [0.5, 0.6) is 0 Å². The number of nitrogens with one attached hydrogen (secondary N) is 1. The molecule has 0 aliphatic carbocycles. The Morgan fingerprint density at radius 1 is 1.37 bits per heavy atom. The molecule has 1 fully saturated rings. The molecule has 1 aliphatic heterocycles. The molecular formula is C14H17N3O2. The summed E-state index contributed by atoms with van der Waals surface area (Å²) in [5.74, 6) is 0.339. The lowest BCUT2D eigenvalue weighted by molar-refractivity contribution is 0.100. The molecule has 0 atom stereocenters. The molecule has 2 aromatic rings. The maximum Gasteiger partial charge on any atom is 0.252 e. The predicted molar refractivity (Wildman–Crippen MR) is 74.6 cm³/mol. The molecule has 2 heterocycles. The van der Waals surface area contributed by atoms with E-state index in [1.165, 1.54) is 0 Å². The molecule has 0 saturated carbocycles. The van der Waals surface area contributed by atoms with E-state index in [0.29, 0.717) is 11.1 Å². The number of primary amides is 1. The smallest absolute Gasteiger partial charge is 0.252 e. The van der Waals surface area contributed by atoms with Crippen LogP contribution in [0.1, 0.15) is 16.1 Å². The van der Waals surface area contributed by atoms with Gasteiger partial charge in [-0.3, -0.25) is 4.79 Å². The number of hydrogen-bond donors (Lipinski definition) is 2. The zero-order valence-corrected chi connectivity index (χ0v) is 10.9. The normalized spacial score (nSPS) is 15.9. The Kier molecular flexibility index (Phi) is 2.91. The molecule has 5 heteroatoms. The van der Waals surface area contributed by atoms with Crippen LogP contribution in [0.4, 0.5) is 5.69 Å². The molecule has 0 unspecified atom stereocenters. The SMILES string of the molecule is Cc1cc2c(N3CCNCC3)ccc(C(N)=O)c2o1. The number of hydrogen-bond acceptors (Lipinski definition) is 4. The molecule has 1 aromatic carbocycles. The van der Waals surface area contributed by atoms with E-state index in [1.807, 2.05) is 19.1 Å². The molecule has 0 bridgehead atoms. The van der Waals surface area contributed by atoms with Crippen LogP contribution in [0.25, 0.3) is 11.0 Å². The lowest BCUT2D eigenvalue weighted by Crippen LogP contribution is -2.43. The van der Waals surface area contributed by atoms with E-state index >= 15 is 0 Å². The highest BCUT2D eigenvalue weighted by atomic mass is 16.3. The van der Waals surface area contributed by atoms with Gasteiger partial charge in [0, 0.05) is 37.3 Å². The first-order chi connectivity index (χ1) is 9.16. The minimum Gasteiger partial charge on any atom is -0.460 e. The van der Waals surface area contributed by atoms with Crippen molar-refractivity contribution in [3.05, 3.63) is 29.5 Å². The molecule has 1 saturated heterocycles. The van der Waals surface area contributed by atoms with Crippen molar-refractivity contribution in [1.82, 2.24) is 5.32 Å². The van der Waals surface area contributed by atoms with Crippen LogP contribution < -0.4 is 16.0 Å². The van der Waals surface area contributed by atoms with Crippen molar-refractivity contribution in [3.8, 4) is 0 Å². The summed E-state index contributed by atoms with van der Waals surface area (Å²) in [4.78, 5) is 13.8. The fourth-order valence-corrected chi connectivity index (χ4v) is 2.61. The van der Waals surface area contributed by atoms with Crippen LogP contribution in [0.3, 0.4) is 0 Å². The first kappa shape index (κ1) is 12.0. The van der Waals surface area contributed by atoms with Gasteiger partial charge in [0.1, 0.15) is 11.3 Å². The molecule has 1 aromatic heterocycles. The van der Waals surface area contributed by atoms with E-state index in [1.54, 1.807) is 6.07 Å². The molecule has 19 heavy (non-hydrogen) atoms. The number of carbonyl (C=O) groups is 1. The van der Waals surface area contributed by atoms with Gasteiger partial charge in [0.2, 0.25) is 0 Å². The Hall–Kier alpha value is -2.01. The number of benzene rings is 1. The molecule has 100 valence electrons. The molecular weight excluding hydrogens is 242 g/mol. The molecule has 3 rings (SSSR count). The van der Waals surface area contributed by atoms with Crippen molar-refractivity contribution in [2.24, 2.45) is 5.73 Å². The highest BCUT2D eigenvalue weighted by molar-refractivity contribution is 6.07. The lowest BCUT2D eigenvalue weighted by Gasteiger charge is -2.30. The van der Waals surface area contributed by atoms with Gasteiger partial charge in [0.15, 0.2) is 0 Å². The standard InChI is InChI=1S/C14H17N3O2/c1-9-8-11-12(17-6-4-16-5-7-17)3-2-10(14(15)18)13(11)19-9/h2-3,8,16H,4-7H2,1H3,(H2,15,18). The van der Waals surface area contributed by atoms with Gasteiger partial charge in [-0.15, -0.1) is 0 Å². The number of furan rings is 1. The van der Waals surface area contributed by atoms with Crippen molar-refractivity contribution >= 4 is 22.6 Å². The average Bonchev–Trinajstić information content (AvgIpc) is 2.79. The highest BCUT2D eigenvalue weighted by Gasteiger charge is 2.19. The van der Waals surface area contributed by atoms with E-state index in [2.05, 4.69) is 10.2 Å². The number of nitrogens with zero attached hydrogens (tertiary/aromatic N) is 1. The Morgan fingerprint density at radius 3 is 2.79 bits per heavy atom. The molecule has 1 amide bonds. The van der Waals surface area contributed by atoms with Gasteiger partial charge in [-0.2, -0.15) is 0 Å². The van der Waals surface area contributed by atoms with E-state index in [0.717, 1.165) is 43.0 Å². The third-order valence-corrected chi connectivity index (χ3v) is 3.51. The molecule has 0 radical (unpaired) electrons. The van der Waals surface area contributed by atoms with Crippen molar-refractivity contribution in [2.75, 3.05) is 31.1 Å². The number of amides is 1. The monoisotopic (exact) mass is 259 g/mol. The van der Waals surface area contributed by atoms with Crippen LogP contribution in [0.15, 0.2) is 22.6 Å². The Bertz CT molecular complexity index is 627. The minimum absolute atomic E-state index is 0.446. The number of rotatable bonds is 2. The van der Waals surface area contributed by atoms with Gasteiger partial charge in [0.25, 0.3) is 5.91 Å². The van der Waals surface area contributed by atoms with Gasteiger partial charge in [-0.25, -0.2) is 0 Å². The van der Waals surface area contributed by atoms with Gasteiger partial charge < -0.3 is 20.4 Å². The Balaban J connectivity index is 2.15. The third-order valence-electron chi connectivity index (χ3n) is 3.51. The minimum atomic E-state index is -0.453. The van der Waals surface area contributed by atoms with E-state index in [9.17, 15) is 4.79 Å². The van der Waals surface area contributed by atoms with Crippen molar-refractivity contribution in [2.45, 2.75) is 6.92 Å². The number of piperazine rings is 1. The zero-order chi connectivity index (χ0) is 13.4. The Morgan fingerprint density at radius 2 is 2.11 bits per heavy atom. The summed E-state index contributed by atoms with van der Waals surface area (Å²) in [5.41, 5.74) is 7.55. The van der Waals surface area contributed by atoms with Crippen LogP contribution in [-0.2, 0) is 0 Å². The second-order valence-corrected chi connectivity index (χ2v) is 4.83. The highest BCUT2D eigenvalue weighted by Crippen LogP contribution is 2.32. The first-order valence-corrected chi connectivity index (χ1v) is 6.45. The number of fused-ring (bicyclic) bond motifs is 1. The number of carbonyl (C=O) groups excluding carboxylic acids is 1. The molecule has 5 nitrogen and oxygen atoms in total. The second kappa shape index (κ2) is 4.59. The van der Waals surface area contributed by atoms with Crippen molar-refractivity contribution in [3.63, 3.8) is 0 Å². The Labute approximate surface area is 111 Å². The number of anilines is 1. The van der Waals surface area contributed by atoms with E-state index < -0.39 is 5.91 Å². The topological polar surface area (TPSA) is 71.5 Å². The third kappa shape index (κ3) is 2.06. The van der Waals surface area contributed by atoms with Gasteiger partial charge in [-0.1, -0.05) is 0 Å². The zero-order valence-electron chi connectivity index (χ0n) is 10.9. The van der Waals surface area contributed by atoms with Crippen LogP contribution in [0, 0.1) is 6.92 Å². The second-order valence-electron chi connectivity index (χ2n) is 4.83. The predicted octanol–water partition coefficient (Wildman–Crippen LogP) is 1.25. The quantitative estimate of drug-likeness (QED) is 0.851.